The number of hydrogen-bond acceptors (Lipinski definition) is 5. The van der Waals surface area contributed by atoms with Gasteiger partial charge in [-0.25, -0.2) is 9.59 Å². The molecule has 1 unspecified atom stereocenters. The SMILES string of the molecule is CCOC(=O)c1oc2ccccc2c1C[NH+]1Cc2ccccc2C[C@@H]1C(=O)OC. The average molecular weight is 394 g/mol. The first-order valence-electron chi connectivity index (χ1n) is 9.79. The summed E-state index contributed by atoms with van der Waals surface area (Å²) in [5.41, 5.74) is 3.77. The van der Waals surface area contributed by atoms with E-state index in [0.717, 1.165) is 21.4 Å². The number of fused-ring (bicyclic) bond motifs is 2. The van der Waals surface area contributed by atoms with Crippen LogP contribution in [0.4, 0.5) is 0 Å². The van der Waals surface area contributed by atoms with E-state index in [1.165, 1.54) is 12.7 Å². The van der Waals surface area contributed by atoms with E-state index in [4.69, 9.17) is 13.9 Å². The number of benzene rings is 2. The smallest absolute Gasteiger partial charge is 0.374 e. The number of ether oxygens (including phenoxy) is 2. The molecule has 0 saturated carbocycles. The van der Waals surface area contributed by atoms with Crippen LogP contribution in [0.25, 0.3) is 11.0 Å². The molecule has 2 atom stereocenters. The highest BCUT2D eigenvalue weighted by molar-refractivity contribution is 5.96. The van der Waals surface area contributed by atoms with Crippen molar-refractivity contribution in [2.45, 2.75) is 32.5 Å². The van der Waals surface area contributed by atoms with Crippen LogP contribution >= 0.6 is 0 Å². The fraction of sp³-hybridized carbons (Fsp3) is 0.304. The second-order valence-electron chi connectivity index (χ2n) is 7.19. The van der Waals surface area contributed by atoms with Gasteiger partial charge in [-0.1, -0.05) is 42.5 Å². The average Bonchev–Trinajstić information content (AvgIpc) is 3.11. The molecular weight excluding hydrogens is 370 g/mol. The van der Waals surface area contributed by atoms with E-state index < -0.39 is 5.97 Å². The summed E-state index contributed by atoms with van der Waals surface area (Å²) in [6.45, 7) is 3.15. The lowest BCUT2D eigenvalue weighted by Crippen LogP contribution is -3.15. The molecule has 4 rings (SSSR count). The molecule has 6 nitrogen and oxygen atoms in total. The van der Waals surface area contributed by atoms with Gasteiger partial charge in [-0.15, -0.1) is 0 Å². The second-order valence-corrected chi connectivity index (χ2v) is 7.19. The van der Waals surface area contributed by atoms with Gasteiger partial charge in [0.25, 0.3) is 0 Å². The fourth-order valence-corrected chi connectivity index (χ4v) is 4.10. The predicted octanol–water partition coefficient (Wildman–Crippen LogP) is 2.29. The fourth-order valence-electron chi connectivity index (χ4n) is 4.10. The molecule has 2 aromatic carbocycles. The first kappa shape index (κ1) is 19.2. The summed E-state index contributed by atoms with van der Waals surface area (Å²) in [5, 5.41) is 0.866. The van der Waals surface area contributed by atoms with Crippen molar-refractivity contribution in [2.75, 3.05) is 13.7 Å². The molecule has 0 radical (unpaired) electrons. The highest BCUT2D eigenvalue weighted by Gasteiger charge is 2.37. The molecule has 0 spiro atoms. The first-order valence-corrected chi connectivity index (χ1v) is 9.79. The van der Waals surface area contributed by atoms with E-state index in [1.807, 2.05) is 36.4 Å². The summed E-state index contributed by atoms with van der Waals surface area (Å²) in [6.07, 6.45) is 0.600. The quantitative estimate of drug-likeness (QED) is 0.673. The van der Waals surface area contributed by atoms with E-state index in [0.29, 0.717) is 25.1 Å². The van der Waals surface area contributed by atoms with Gasteiger partial charge in [0.05, 0.1) is 19.3 Å². The first-order chi connectivity index (χ1) is 14.1. The third-order valence-electron chi connectivity index (χ3n) is 5.50. The van der Waals surface area contributed by atoms with Gasteiger partial charge in [-0.3, -0.25) is 0 Å². The van der Waals surface area contributed by atoms with Crippen LogP contribution in [0, 0.1) is 0 Å². The van der Waals surface area contributed by atoms with Gasteiger partial charge in [-0.05, 0) is 18.6 Å². The van der Waals surface area contributed by atoms with Crippen molar-refractivity contribution in [3.63, 3.8) is 0 Å². The Labute approximate surface area is 169 Å². The summed E-state index contributed by atoms with van der Waals surface area (Å²) in [6, 6.07) is 15.3. The number of rotatable bonds is 5. The van der Waals surface area contributed by atoms with Crippen molar-refractivity contribution in [3.05, 3.63) is 71.0 Å². The molecule has 1 aliphatic heterocycles. The van der Waals surface area contributed by atoms with Crippen LogP contribution in [0.2, 0.25) is 0 Å². The van der Waals surface area contributed by atoms with E-state index in [-0.39, 0.29) is 24.4 Å². The number of para-hydroxylation sites is 1. The number of nitrogens with one attached hydrogen (secondary N) is 1. The lowest BCUT2D eigenvalue weighted by Gasteiger charge is -2.32. The summed E-state index contributed by atoms with van der Waals surface area (Å²) in [5.74, 6) is -0.520. The zero-order valence-electron chi connectivity index (χ0n) is 16.6. The molecule has 0 aliphatic carbocycles. The Kier molecular flexibility index (Phi) is 5.36. The molecule has 0 saturated heterocycles. The summed E-state index contributed by atoms with van der Waals surface area (Å²) in [7, 11) is 1.41. The van der Waals surface area contributed by atoms with Crippen LogP contribution in [-0.4, -0.2) is 31.7 Å². The molecule has 1 N–H and O–H groups in total. The van der Waals surface area contributed by atoms with Crippen LogP contribution in [-0.2, 0) is 33.8 Å². The molecule has 0 bridgehead atoms. The highest BCUT2D eigenvalue weighted by atomic mass is 16.5. The molecule has 0 fully saturated rings. The maximum absolute atomic E-state index is 12.5. The molecule has 6 heteroatoms. The van der Waals surface area contributed by atoms with Gasteiger partial charge in [-0.2, -0.15) is 0 Å². The van der Waals surface area contributed by atoms with Gasteiger partial charge in [0.15, 0.2) is 6.04 Å². The standard InChI is InChI=1S/C23H23NO5/c1-3-28-23(26)21-18(17-10-6-7-11-20(17)29-21)14-24-13-16-9-5-4-8-15(16)12-19(24)22(25)27-2/h4-11,19H,3,12-14H2,1-2H3/p+1/t19-/m1/s1. The van der Waals surface area contributed by atoms with Crippen LogP contribution < -0.4 is 4.90 Å². The van der Waals surface area contributed by atoms with Crippen molar-refractivity contribution in [1.82, 2.24) is 0 Å². The van der Waals surface area contributed by atoms with Gasteiger partial charge in [0.2, 0.25) is 5.76 Å². The molecule has 1 aliphatic rings. The molecule has 29 heavy (non-hydrogen) atoms. The van der Waals surface area contributed by atoms with E-state index in [9.17, 15) is 9.59 Å². The number of esters is 2. The zero-order chi connectivity index (χ0) is 20.4. The maximum Gasteiger partial charge on any atom is 0.374 e. The van der Waals surface area contributed by atoms with Crippen LogP contribution in [0.5, 0.6) is 0 Å². The Hall–Kier alpha value is -3.12. The number of furan rings is 1. The third-order valence-corrected chi connectivity index (χ3v) is 5.50. The molecule has 1 aromatic heterocycles. The Morgan fingerprint density at radius 1 is 1.10 bits per heavy atom. The predicted molar refractivity (Wildman–Crippen MR) is 106 cm³/mol. The van der Waals surface area contributed by atoms with Crippen molar-refractivity contribution >= 4 is 22.9 Å². The summed E-state index contributed by atoms with van der Waals surface area (Å²) in [4.78, 5) is 26.1. The van der Waals surface area contributed by atoms with Gasteiger partial charge >= 0.3 is 11.9 Å². The van der Waals surface area contributed by atoms with Gasteiger partial charge < -0.3 is 18.8 Å². The number of quaternary nitrogens is 1. The molecule has 3 aromatic rings. The maximum atomic E-state index is 12.5. The highest BCUT2D eigenvalue weighted by Crippen LogP contribution is 2.26. The molecular formula is C23H24NO5+. The van der Waals surface area contributed by atoms with Crippen molar-refractivity contribution in [2.24, 2.45) is 0 Å². The topological polar surface area (TPSA) is 70.2 Å². The Bertz CT molecular complexity index is 1050. The number of carbonyl (C=O) groups is 2. The third kappa shape index (κ3) is 3.63. The minimum Gasteiger partial charge on any atom is -0.465 e. The second kappa shape index (κ2) is 8.09. The van der Waals surface area contributed by atoms with Crippen LogP contribution in [0.15, 0.2) is 52.9 Å². The van der Waals surface area contributed by atoms with Gasteiger partial charge in [0.1, 0.15) is 18.7 Å². The Morgan fingerprint density at radius 2 is 1.83 bits per heavy atom. The van der Waals surface area contributed by atoms with E-state index >= 15 is 0 Å². The van der Waals surface area contributed by atoms with Crippen LogP contribution in [0.1, 0.15) is 34.2 Å². The lowest BCUT2D eigenvalue weighted by molar-refractivity contribution is -0.945. The van der Waals surface area contributed by atoms with Gasteiger partial charge in [0, 0.05) is 17.4 Å². The minimum atomic E-state index is -0.481. The number of carbonyl (C=O) groups excluding carboxylic acids is 2. The van der Waals surface area contributed by atoms with Crippen LogP contribution in [0.3, 0.4) is 0 Å². The van der Waals surface area contributed by atoms with Crippen molar-refractivity contribution in [3.8, 4) is 0 Å². The summed E-state index contributed by atoms with van der Waals surface area (Å²) >= 11 is 0. The Morgan fingerprint density at radius 3 is 2.59 bits per heavy atom. The van der Waals surface area contributed by atoms with E-state index in [2.05, 4.69) is 12.1 Å². The molecule has 0 amide bonds. The number of hydrogen-bond donors (Lipinski definition) is 1. The monoisotopic (exact) mass is 394 g/mol. The lowest BCUT2D eigenvalue weighted by atomic mass is 9.93. The minimum absolute atomic E-state index is 0.211. The summed E-state index contributed by atoms with van der Waals surface area (Å²) < 4.78 is 16.1. The number of methoxy groups -OCH3 is 1. The molecule has 2 heterocycles. The largest absolute Gasteiger partial charge is 0.465 e. The molecule has 150 valence electrons. The normalized spacial score (nSPS) is 18.3. The Balaban J connectivity index is 1.75. The van der Waals surface area contributed by atoms with Crippen molar-refractivity contribution in [1.29, 1.82) is 0 Å². The zero-order valence-corrected chi connectivity index (χ0v) is 16.6. The van der Waals surface area contributed by atoms with Crippen molar-refractivity contribution < 1.29 is 28.4 Å². The van der Waals surface area contributed by atoms with E-state index in [1.54, 1.807) is 6.92 Å².